The first kappa shape index (κ1) is 52.7. The number of hydrogen-bond donors (Lipinski definition) is 2. The molecule has 8 rings (SSSR count). The molecule has 378 valence electrons. The number of ether oxygens (including phenoxy) is 2. The summed E-state index contributed by atoms with van der Waals surface area (Å²) in [4.78, 5) is 0. The fourth-order valence-corrected chi connectivity index (χ4v) is 19.6. The van der Waals surface area contributed by atoms with Crippen LogP contribution in [0.1, 0.15) is 237 Å². The van der Waals surface area contributed by atoms with Crippen LogP contribution in [-0.4, -0.2) is 45.1 Å². The number of hydrogen-bond acceptors (Lipinski definition) is 4. The van der Waals surface area contributed by atoms with Crippen molar-refractivity contribution in [3.8, 4) is 0 Å². The molecule has 0 amide bonds. The van der Waals surface area contributed by atoms with Crippen molar-refractivity contribution in [1.29, 1.82) is 0 Å². The molecule has 0 unspecified atom stereocenters. The van der Waals surface area contributed by atoms with Gasteiger partial charge in [0.15, 0.2) is 0 Å². The maximum Gasteiger partial charge on any atom is 0.0594 e. The van der Waals surface area contributed by atoms with Gasteiger partial charge >= 0.3 is 0 Å². The zero-order chi connectivity index (χ0) is 46.6. The smallest absolute Gasteiger partial charge is 0.0594 e. The average Bonchev–Trinajstić information content (AvgIpc) is 3.82. The van der Waals surface area contributed by atoms with Gasteiger partial charge in [0.1, 0.15) is 0 Å². The molecule has 8 fully saturated rings. The van der Waals surface area contributed by atoms with Crippen LogP contribution in [0.5, 0.6) is 0 Å². The molecule has 0 aromatic carbocycles. The van der Waals surface area contributed by atoms with Gasteiger partial charge < -0.3 is 20.5 Å². The SMILES string of the molecule is CC(C)CCC[C@@H](C)[C@H]1CC[C@H]2[C@@H]3CC[C@H]4C[C@@H](OCCNCCN)CC[C@]4(C)[C@H]3CC[C@]12C.CCCO[C@H]1CC[C@@]2(C)[C@@H](CC[C@@H]3[C@@H]2CC[C@]2(C)[C@@H]([C@H](C)CCCC(C)C)CC[C@@H]32)C1. The van der Waals surface area contributed by atoms with Crippen LogP contribution in [0.15, 0.2) is 0 Å². The van der Waals surface area contributed by atoms with Crippen LogP contribution in [0.3, 0.4) is 0 Å². The van der Waals surface area contributed by atoms with Gasteiger partial charge in [-0.05, 0) is 227 Å². The van der Waals surface area contributed by atoms with E-state index in [2.05, 4.69) is 81.5 Å². The summed E-state index contributed by atoms with van der Waals surface area (Å²) in [5.74, 6) is 13.4. The quantitative estimate of drug-likeness (QED) is 0.127. The minimum atomic E-state index is 0.491. The third kappa shape index (κ3) is 11.3. The van der Waals surface area contributed by atoms with E-state index in [4.69, 9.17) is 15.2 Å². The molecule has 3 N–H and O–H groups in total. The Morgan fingerprint density at radius 2 is 0.923 bits per heavy atom. The summed E-state index contributed by atoms with van der Waals surface area (Å²) in [6, 6.07) is 0. The van der Waals surface area contributed by atoms with E-state index in [1.807, 2.05) is 0 Å². The van der Waals surface area contributed by atoms with E-state index in [9.17, 15) is 0 Å². The topological polar surface area (TPSA) is 56.5 Å². The molecule has 8 aliphatic carbocycles. The molecule has 0 bridgehead atoms. The molecule has 0 aliphatic heterocycles. The van der Waals surface area contributed by atoms with Gasteiger partial charge in [0.05, 0.1) is 18.8 Å². The summed E-state index contributed by atoms with van der Waals surface area (Å²) in [6.07, 6.45) is 37.2. The normalized spacial score (nSPS) is 44.2. The summed E-state index contributed by atoms with van der Waals surface area (Å²) >= 11 is 0. The molecule has 0 spiro atoms. The van der Waals surface area contributed by atoms with Crippen LogP contribution < -0.4 is 11.1 Å². The van der Waals surface area contributed by atoms with Crippen LogP contribution in [-0.2, 0) is 9.47 Å². The zero-order valence-corrected chi connectivity index (χ0v) is 45.3. The minimum absolute atomic E-state index is 0.491. The molecule has 0 saturated heterocycles. The highest BCUT2D eigenvalue weighted by atomic mass is 16.5. The van der Waals surface area contributed by atoms with Gasteiger partial charge in [0, 0.05) is 26.2 Å². The molecule has 18 atom stereocenters. The average molecular weight is 906 g/mol. The van der Waals surface area contributed by atoms with Crippen LogP contribution in [0.25, 0.3) is 0 Å². The molecule has 0 aromatic rings. The Bertz CT molecular complexity index is 1430. The second-order valence-corrected chi connectivity index (χ2v) is 27.4. The zero-order valence-electron chi connectivity index (χ0n) is 45.3. The lowest BCUT2D eigenvalue weighted by Crippen LogP contribution is -2.54. The predicted molar refractivity (Wildman–Crippen MR) is 278 cm³/mol. The highest BCUT2D eigenvalue weighted by Gasteiger charge is 2.62. The number of rotatable bonds is 19. The third-order valence-electron chi connectivity index (χ3n) is 23.1. The summed E-state index contributed by atoms with van der Waals surface area (Å²) in [7, 11) is 0. The van der Waals surface area contributed by atoms with Gasteiger partial charge in [-0.25, -0.2) is 0 Å². The Balaban J connectivity index is 0.000000195. The standard InChI is InChI=1S/C31H58N2O.C30H54O/c1-22(2)7-6-8-23(3)27-11-12-28-26-10-9-24-21-25(34-20-19-33-18-17-32)13-15-30(24,4)29(26)14-16-31(27,28)5;1-7-19-31-24-15-17-29(5)23(20-24)11-12-25-27-14-13-26(22(4)10-8-9-21(2)3)30(27,6)18-16-28(25)29/h22-29,33H,6-21,32H2,1-5H3;21-28H,7-20H2,1-6H3/t23-,24+,25+,26+,27-,28+,29+,30+,31-;22-,23+,24+,25+,26-,27+,28+,29+,30-/m11/s1. The Morgan fingerprint density at radius 1 is 0.492 bits per heavy atom. The van der Waals surface area contributed by atoms with Gasteiger partial charge in [-0.2, -0.15) is 0 Å². The van der Waals surface area contributed by atoms with Crippen LogP contribution in [0.2, 0.25) is 0 Å². The van der Waals surface area contributed by atoms with E-state index in [0.29, 0.717) is 40.4 Å². The van der Waals surface area contributed by atoms with Gasteiger partial charge in [-0.3, -0.25) is 0 Å². The van der Waals surface area contributed by atoms with Crippen molar-refractivity contribution >= 4 is 0 Å². The van der Waals surface area contributed by atoms with E-state index in [1.165, 1.54) is 154 Å². The number of fused-ring (bicyclic) bond motifs is 10. The predicted octanol–water partition coefficient (Wildman–Crippen LogP) is 15.9. The maximum atomic E-state index is 6.33. The lowest BCUT2D eigenvalue weighted by Gasteiger charge is -2.61. The first-order chi connectivity index (χ1) is 31.1. The van der Waals surface area contributed by atoms with Crippen molar-refractivity contribution in [3.63, 3.8) is 0 Å². The van der Waals surface area contributed by atoms with E-state index in [-0.39, 0.29) is 0 Å². The van der Waals surface area contributed by atoms with Gasteiger partial charge in [0.2, 0.25) is 0 Å². The van der Waals surface area contributed by atoms with E-state index in [0.717, 1.165) is 109 Å². The molecular formula is C61H112N2O2. The number of nitrogens with two attached hydrogens (primary N) is 1. The van der Waals surface area contributed by atoms with Crippen LogP contribution in [0, 0.1) is 105 Å². The molecule has 8 saturated carbocycles. The van der Waals surface area contributed by atoms with E-state index in [1.54, 1.807) is 6.42 Å². The molecule has 4 heteroatoms. The molecular weight excluding hydrogens is 793 g/mol. The third-order valence-corrected chi connectivity index (χ3v) is 23.1. The van der Waals surface area contributed by atoms with Crippen LogP contribution >= 0.6 is 0 Å². The molecule has 0 aromatic heterocycles. The number of nitrogens with one attached hydrogen (secondary N) is 1. The molecule has 8 aliphatic rings. The highest BCUT2D eigenvalue weighted by Crippen LogP contribution is 2.70. The van der Waals surface area contributed by atoms with Crippen molar-refractivity contribution < 1.29 is 9.47 Å². The fraction of sp³-hybridized carbons (Fsp3) is 1.00. The van der Waals surface area contributed by atoms with Crippen molar-refractivity contribution in [2.45, 2.75) is 249 Å². The Morgan fingerprint density at radius 3 is 1.35 bits per heavy atom. The maximum absolute atomic E-state index is 6.33. The molecule has 0 radical (unpaired) electrons. The first-order valence-electron chi connectivity index (χ1n) is 29.7. The summed E-state index contributed by atoms with van der Waals surface area (Å²) in [5.41, 5.74) is 8.03. The second-order valence-electron chi connectivity index (χ2n) is 27.4. The van der Waals surface area contributed by atoms with Gasteiger partial charge in [-0.1, -0.05) is 115 Å². The van der Waals surface area contributed by atoms with E-state index < -0.39 is 0 Å². The Labute approximate surface area is 405 Å². The first-order valence-corrected chi connectivity index (χ1v) is 29.7. The van der Waals surface area contributed by atoms with Gasteiger partial charge in [-0.15, -0.1) is 0 Å². The van der Waals surface area contributed by atoms with E-state index >= 15 is 0 Å². The summed E-state index contributed by atoms with van der Waals surface area (Å²) < 4.78 is 12.6. The Hall–Kier alpha value is -0.160. The van der Waals surface area contributed by atoms with Crippen molar-refractivity contribution in [3.05, 3.63) is 0 Å². The monoisotopic (exact) mass is 905 g/mol. The largest absolute Gasteiger partial charge is 0.378 e. The van der Waals surface area contributed by atoms with Crippen LogP contribution in [0.4, 0.5) is 0 Å². The Kier molecular flexibility index (Phi) is 18.6. The molecule has 65 heavy (non-hydrogen) atoms. The van der Waals surface area contributed by atoms with Gasteiger partial charge in [0.25, 0.3) is 0 Å². The van der Waals surface area contributed by atoms with Crippen molar-refractivity contribution in [1.82, 2.24) is 5.32 Å². The van der Waals surface area contributed by atoms with Crippen molar-refractivity contribution in [2.24, 2.45) is 110 Å². The lowest BCUT2D eigenvalue weighted by molar-refractivity contribution is -0.136. The minimum Gasteiger partial charge on any atom is -0.378 e. The highest BCUT2D eigenvalue weighted by molar-refractivity contribution is 5.11. The lowest BCUT2D eigenvalue weighted by atomic mass is 9.44. The second kappa shape index (κ2) is 22.9. The molecule has 4 nitrogen and oxygen atoms in total. The van der Waals surface area contributed by atoms with Crippen molar-refractivity contribution in [2.75, 3.05) is 32.8 Å². The summed E-state index contributed by atoms with van der Waals surface area (Å²) in [5, 5.41) is 3.38. The fourth-order valence-electron chi connectivity index (χ4n) is 19.6. The molecule has 0 heterocycles. The summed E-state index contributed by atoms with van der Waals surface area (Å²) in [6.45, 7) is 32.3.